The molecule has 0 saturated heterocycles. The fourth-order valence-corrected chi connectivity index (χ4v) is 1.95. The zero-order chi connectivity index (χ0) is 15.2. The molecule has 0 radical (unpaired) electrons. The van der Waals surface area contributed by atoms with Gasteiger partial charge in [-0.15, -0.1) is 0 Å². The van der Waals surface area contributed by atoms with E-state index >= 15 is 0 Å². The molecule has 2 aromatic rings. The quantitative estimate of drug-likeness (QED) is 0.878. The maximum absolute atomic E-state index is 12.1. The van der Waals surface area contributed by atoms with Crippen molar-refractivity contribution in [2.75, 3.05) is 18.9 Å². The van der Waals surface area contributed by atoms with E-state index in [4.69, 9.17) is 0 Å². The zero-order valence-electron chi connectivity index (χ0n) is 12.1. The van der Waals surface area contributed by atoms with Gasteiger partial charge in [-0.3, -0.25) is 14.7 Å². The first-order valence-electron chi connectivity index (χ1n) is 6.74. The zero-order valence-corrected chi connectivity index (χ0v) is 12.1. The Morgan fingerprint density at radius 3 is 2.67 bits per heavy atom. The van der Waals surface area contributed by atoms with Crippen LogP contribution in [0.3, 0.4) is 0 Å². The van der Waals surface area contributed by atoms with E-state index in [-0.39, 0.29) is 18.4 Å². The number of rotatable bonds is 5. The first kappa shape index (κ1) is 14.8. The second-order valence-corrected chi connectivity index (χ2v) is 4.70. The number of amides is 2. The van der Waals surface area contributed by atoms with E-state index in [1.807, 2.05) is 13.0 Å². The number of H-pyrrole nitrogens is 1. The molecule has 6 heteroatoms. The van der Waals surface area contributed by atoms with Crippen LogP contribution < -0.4 is 5.32 Å². The molecule has 110 valence electrons. The number of carbonyl (C=O) groups excluding carboxylic acids is 2. The van der Waals surface area contributed by atoms with Gasteiger partial charge >= 0.3 is 0 Å². The van der Waals surface area contributed by atoms with Crippen molar-refractivity contribution in [1.29, 1.82) is 0 Å². The van der Waals surface area contributed by atoms with Gasteiger partial charge in [0.05, 0.1) is 12.7 Å². The lowest BCUT2D eigenvalue weighted by molar-refractivity contribution is -0.116. The molecule has 1 aromatic carbocycles. The first-order chi connectivity index (χ1) is 10.1. The topological polar surface area (TPSA) is 78.1 Å². The minimum atomic E-state index is -0.263. The molecule has 2 rings (SSSR count). The molecule has 2 amide bonds. The minimum Gasteiger partial charge on any atom is -0.332 e. The Labute approximate surface area is 123 Å². The second-order valence-electron chi connectivity index (χ2n) is 4.70. The Morgan fingerprint density at radius 1 is 1.29 bits per heavy atom. The van der Waals surface area contributed by atoms with Gasteiger partial charge in [0.15, 0.2) is 0 Å². The van der Waals surface area contributed by atoms with Gasteiger partial charge in [-0.05, 0) is 18.6 Å². The number of aryl methyl sites for hydroxylation is 1. The van der Waals surface area contributed by atoms with Crippen LogP contribution in [-0.2, 0) is 11.2 Å². The van der Waals surface area contributed by atoms with Crippen molar-refractivity contribution in [3.63, 3.8) is 0 Å². The molecule has 0 aliphatic carbocycles. The van der Waals surface area contributed by atoms with Crippen LogP contribution in [0.4, 0.5) is 5.82 Å². The Kier molecular flexibility index (Phi) is 4.71. The second kappa shape index (κ2) is 6.69. The summed E-state index contributed by atoms with van der Waals surface area (Å²) in [6.45, 7) is 1.96. The number of hydrogen-bond donors (Lipinski definition) is 2. The van der Waals surface area contributed by atoms with Gasteiger partial charge in [-0.25, -0.2) is 0 Å². The monoisotopic (exact) mass is 286 g/mol. The normalized spacial score (nSPS) is 10.2. The number of anilines is 1. The lowest BCUT2D eigenvalue weighted by Crippen LogP contribution is -2.35. The fraction of sp³-hybridized carbons (Fsp3) is 0.267. The molecule has 6 nitrogen and oxygen atoms in total. The van der Waals surface area contributed by atoms with Crippen LogP contribution in [0.25, 0.3) is 0 Å². The molecule has 0 bridgehead atoms. The molecular formula is C15H18N4O2. The standard InChI is InChI=1S/C15H18N4O2/c1-3-11-9-16-18-14(11)17-13(20)10-19(2)15(21)12-7-5-4-6-8-12/h4-9H,3,10H2,1-2H3,(H2,16,17,18,20). The predicted molar refractivity (Wildman–Crippen MR) is 80.0 cm³/mol. The van der Waals surface area contributed by atoms with Crippen molar-refractivity contribution < 1.29 is 9.59 Å². The molecule has 0 aliphatic heterocycles. The largest absolute Gasteiger partial charge is 0.332 e. The summed E-state index contributed by atoms with van der Waals surface area (Å²) < 4.78 is 0. The molecule has 1 aromatic heterocycles. The Hall–Kier alpha value is -2.63. The Bertz CT molecular complexity index is 622. The fourth-order valence-electron chi connectivity index (χ4n) is 1.95. The van der Waals surface area contributed by atoms with E-state index in [0.29, 0.717) is 11.4 Å². The van der Waals surface area contributed by atoms with Crippen LogP contribution in [0, 0.1) is 0 Å². The van der Waals surface area contributed by atoms with E-state index in [1.54, 1.807) is 37.5 Å². The number of aromatic amines is 1. The Balaban J connectivity index is 1.95. The number of nitrogens with zero attached hydrogens (tertiary/aromatic N) is 2. The summed E-state index contributed by atoms with van der Waals surface area (Å²) in [6.07, 6.45) is 2.44. The van der Waals surface area contributed by atoms with Crippen molar-refractivity contribution in [2.24, 2.45) is 0 Å². The number of carbonyl (C=O) groups is 2. The van der Waals surface area contributed by atoms with Crippen LogP contribution in [0.2, 0.25) is 0 Å². The lowest BCUT2D eigenvalue weighted by atomic mass is 10.2. The average Bonchev–Trinajstić information content (AvgIpc) is 2.94. The third kappa shape index (κ3) is 3.68. The minimum absolute atomic E-state index is 0.0180. The van der Waals surface area contributed by atoms with E-state index in [0.717, 1.165) is 12.0 Å². The molecule has 1 heterocycles. The van der Waals surface area contributed by atoms with Crippen molar-refractivity contribution >= 4 is 17.6 Å². The third-order valence-corrected chi connectivity index (χ3v) is 3.11. The molecular weight excluding hydrogens is 268 g/mol. The number of hydrogen-bond acceptors (Lipinski definition) is 3. The summed E-state index contributed by atoms with van der Waals surface area (Å²) in [5.41, 5.74) is 1.49. The van der Waals surface area contributed by atoms with Crippen LogP contribution in [0.15, 0.2) is 36.5 Å². The Morgan fingerprint density at radius 2 is 2.00 bits per heavy atom. The van der Waals surface area contributed by atoms with Gasteiger partial charge in [0.1, 0.15) is 5.82 Å². The highest BCUT2D eigenvalue weighted by Crippen LogP contribution is 2.11. The number of benzene rings is 1. The summed E-state index contributed by atoms with van der Waals surface area (Å²) in [5.74, 6) is 0.134. The molecule has 0 saturated carbocycles. The summed E-state index contributed by atoms with van der Waals surface area (Å²) in [6, 6.07) is 8.87. The highest BCUT2D eigenvalue weighted by atomic mass is 16.2. The van der Waals surface area contributed by atoms with Gasteiger partial charge < -0.3 is 10.2 Å². The molecule has 0 spiro atoms. The summed E-state index contributed by atoms with van der Waals surface area (Å²) in [4.78, 5) is 25.5. The van der Waals surface area contributed by atoms with E-state index in [1.165, 1.54) is 4.90 Å². The van der Waals surface area contributed by atoms with Gasteiger partial charge in [0.2, 0.25) is 5.91 Å². The van der Waals surface area contributed by atoms with E-state index in [2.05, 4.69) is 15.5 Å². The van der Waals surface area contributed by atoms with Crippen LogP contribution >= 0.6 is 0 Å². The molecule has 21 heavy (non-hydrogen) atoms. The lowest BCUT2D eigenvalue weighted by Gasteiger charge is -2.16. The van der Waals surface area contributed by atoms with Crippen LogP contribution in [0.5, 0.6) is 0 Å². The van der Waals surface area contributed by atoms with Gasteiger partial charge in [0, 0.05) is 18.2 Å². The average molecular weight is 286 g/mol. The highest BCUT2D eigenvalue weighted by molar-refractivity contribution is 5.99. The summed E-state index contributed by atoms with van der Waals surface area (Å²) in [5, 5.41) is 9.35. The van der Waals surface area contributed by atoms with Crippen molar-refractivity contribution in [2.45, 2.75) is 13.3 Å². The smallest absolute Gasteiger partial charge is 0.254 e. The first-order valence-corrected chi connectivity index (χ1v) is 6.74. The van der Waals surface area contributed by atoms with Crippen molar-refractivity contribution in [3.05, 3.63) is 47.7 Å². The maximum atomic E-state index is 12.1. The molecule has 0 aliphatic rings. The summed E-state index contributed by atoms with van der Waals surface area (Å²) in [7, 11) is 1.60. The van der Waals surface area contributed by atoms with Crippen LogP contribution in [-0.4, -0.2) is 40.5 Å². The highest BCUT2D eigenvalue weighted by Gasteiger charge is 2.15. The SMILES string of the molecule is CCc1cn[nH]c1NC(=O)CN(C)C(=O)c1ccccc1. The van der Waals surface area contributed by atoms with Gasteiger partial charge in [-0.2, -0.15) is 5.10 Å². The number of nitrogens with one attached hydrogen (secondary N) is 2. The predicted octanol–water partition coefficient (Wildman–Crippen LogP) is 1.68. The van der Waals surface area contributed by atoms with Crippen LogP contribution in [0.1, 0.15) is 22.8 Å². The van der Waals surface area contributed by atoms with Gasteiger partial charge in [-0.1, -0.05) is 25.1 Å². The molecule has 0 fully saturated rings. The molecule has 2 N–H and O–H groups in total. The molecule has 0 unspecified atom stereocenters. The third-order valence-electron chi connectivity index (χ3n) is 3.11. The van der Waals surface area contributed by atoms with E-state index < -0.39 is 0 Å². The van der Waals surface area contributed by atoms with Gasteiger partial charge in [0.25, 0.3) is 5.91 Å². The number of likely N-dealkylation sites (N-methyl/N-ethyl adjacent to an activating group) is 1. The number of aromatic nitrogens is 2. The van der Waals surface area contributed by atoms with Crippen molar-refractivity contribution in [3.8, 4) is 0 Å². The van der Waals surface area contributed by atoms with E-state index in [9.17, 15) is 9.59 Å². The maximum Gasteiger partial charge on any atom is 0.254 e. The molecule has 0 atom stereocenters. The summed E-state index contributed by atoms with van der Waals surface area (Å²) >= 11 is 0. The van der Waals surface area contributed by atoms with Crippen molar-refractivity contribution in [1.82, 2.24) is 15.1 Å².